The van der Waals surface area contributed by atoms with Gasteiger partial charge in [-0.25, -0.2) is 0 Å². The highest BCUT2D eigenvalue weighted by molar-refractivity contribution is 5.76. The van der Waals surface area contributed by atoms with E-state index in [-0.39, 0.29) is 17.8 Å². The third-order valence-corrected chi connectivity index (χ3v) is 13.6. The van der Waals surface area contributed by atoms with Crippen molar-refractivity contribution in [3.63, 3.8) is 0 Å². The standard InChI is InChI=1S/C46H61N3O6/c1-44(41(50)51,38-15-4-5-16-38)24-32-9-6-12-35(21-32)29-49(30-36-13-7-10-33(22-36)25-45(2,42(52)53)39-17-19-47-27-39)31-37-14-8-11-34(23-37)26-46(3,43(54)55)40-18-20-48-28-40/h6-14,21-23,38-40,47-48H,4-5,15-20,24-31H2,1-3H3,(H,50,51)(H,52,53)(H,54,55)/t39-,40-,44?,45?,46?/m0/s1. The first-order valence-electron chi connectivity index (χ1n) is 20.4. The Balaban J connectivity index is 1.26. The Labute approximate surface area is 326 Å². The van der Waals surface area contributed by atoms with Gasteiger partial charge in [0.05, 0.1) is 16.2 Å². The number of nitrogens with one attached hydrogen (secondary N) is 2. The average Bonchev–Trinajstić information content (AvgIpc) is 3.97. The van der Waals surface area contributed by atoms with E-state index in [1.807, 2.05) is 51.1 Å². The van der Waals surface area contributed by atoms with E-state index in [1.165, 1.54) is 0 Å². The molecule has 3 aliphatic rings. The van der Waals surface area contributed by atoms with E-state index in [1.54, 1.807) is 0 Å². The van der Waals surface area contributed by atoms with Crippen LogP contribution >= 0.6 is 0 Å². The fraction of sp³-hybridized carbons (Fsp3) is 0.543. The minimum atomic E-state index is -0.870. The van der Waals surface area contributed by atoms with Crippen LogP contribution in [0.4, 0.5) is 0 Å². The molecule has 9 heteroatoms. The Morgan fingerprint density at radius 1 is 0.545 bits per heavy atom. The van der Waals surface area contributed by atoms with Crippen LogP contribution in [0.15, 0.2) is 72.8 Å². The summed E-state index contributed by atoms with van der Waals surface area (Å²) in [7, 11) is 0. The Kier molecular flexibility index (Phi) is 12.8. The molecule has 0 amide bonds. The molecule has 0 radical (unpaired) electrons. The van der Waals surface area contributed by atoms with Crippen molar-refractivity contribution in [3.8, 4) is 0 Å². The number of carbonyl (C=O) groups is 3. The summed E-state index contributed by atoms with van der Waals surface area (Å²) in [5.41, 5.74) is 3.77. The van der Waals surface area contributed by atoms with Crippen LogP contribution in [0, 0.1) is 34.0 Å². The lowest BCUT2D eigenvalue weighted by Crippen LogP contribution is -2.39. The maximum absolute atomic E-state index is 12.7. The van der Waals surface area contributed by atoms with Crippen LogP contribution in [0.2, 0.25) is 0 Å². The summed E-state index contributed by atoms with van der Waals surface area (Å²) in [4.78, 5) is 40.3. The van der Waals surface area contributed by atoms with Gasteiger partial charge in [-0.1, -0.05) is 85.6 Å². The number of rotatable bonds is 18. The summed E-state index contributed by atoms with van der Waals surface area (Å²) in [6.07, 6.45) is 7.19. The minimum Gasteiger partial charge on any atom is -0.481 e. The van der Waals surface area contributed by atoms with Crippen molar-refractivity contribution in [2.45, 2.75) is 98.2 Å². The van der Waals surface area contributed by atoms with Crippen molar-refractivity contribution in [2.75, 3.05) is 26.2 Å². The van der Waals surface area contributed by atoms with Crippen LogP contribution < -0.4 is 10.6 Å². The summed E-state index contributed by atoms with van der Waals surface area (Å²) in [5, 5.41) is 37.8. The first-order chi connectivity index (χ1) is 26.3. The van der Waals surface area contributed by atoms with Crippen molar-refractivity contribution in [1.82, 2.24) is 15.5 Å². The molecular formula is C46H61N3O6. The fourth-order valence-electron chi connectivity index (χ4n) is 9.87. The van der Waals surface area contributed by atoms with Gasteiger partial charge in [0, 0.05) is 19.6 Å². The molecule has 9 nitrogen and oxygen atoms in total. The first kappa shape index (κ1) is 40.6. The van der Waals surface area contributed by atoms with Gasteiger partial charge in [-0.15, -0.1) is 0 Å². The highest BCUT2D eigenvalue weighted by Crippen LogP contribution is 2.43. The molecule has 0 spiro atoms. The Morgan fingerprint density at radius 3 is 1.18 bits per heavy atom. The number of hydrogen-bond acceptors (Lipinski definition) is 6. The van der Waals surface area contributed by atoms with Crippen LogP contribution in [0.5, 0.6) is 0 Å². The molecule has 3 fully saturated rings. The number of aliphatic carboxylic acids is 3. The SMILES string of the molecule is CC(Cc1cccc(CN(Cc2cccc(CC(C)(C(=O)O)[C@H]3CCNC3)c2)Cc2cccc(CC(C)(C(=O)O)[C@H]3CCNC3)c2)c1)(C(=O)O)C1CCCC1. The predicted molar refractivity (Wildman–Crippen MR) is 215 cm³/mol. The fourth-order valence-corrected chi connectivity index (χ4v) is 9.87. The van der Waals surface area contributed by atoms with Gasteiger partial charge in [-0.3, -0.25) is 19.3 Å². The van der Waals surface area contributed by atoms with Gasteiger partial charge >= 0.3 is 17.9 Å². The summed E-state index contributed by atoms with van der Waals surface area (Å²) < 4.78 is 0. The molecule has 55 heavy (non-hydrogen) atoms. The monoisotopic (exact) mass is 751 g/mol. The summed E-state index contributed by atoms with van der Waals surface area (Å²) in [6.45, 7) is 10.6. The van der Waals surface area contributed by atoms with Gasteiger partial charge in [-0.05, 0) is 143 Å². The van der Waals surface area contributed by atoms with Crippen LogP contribution in [0.3, 0.4) is 0 Å². The molecule has 3 aromatic carbocycles. The van der Waals surface area contributed by atoms with Crippen molar-refractivity contribution < 1.29 is 29.7 Å². The smallest absolute Gasteiger partial charge is 0.310 e. The van der Waals surface area contributed by atoms with Gasteiger partial charge in [-0.2, -0.15) is 0 Å². The lowest BCUT2D eigenvalue weighted by molar-refractivity contribution is -0.152. The zero-order valence-electron chi connectivity index (χ0n) is 33.0. The first-order valence-corrected chi connectivity index (χ1v) is 20.4. The van der Waals surface area contributed by atoms with Crippen LogP contribution in [-0.4, -0.2) is 64.3 Å². The number of carboxylic acid groups (broad SMARTS) is 3. The van der Waals surface area contributed by atoms with E-state index in [2.05, 4.69) is 58.0 Å². The largest absolute Gasteiger partial charge is 0.481 e. The highest BCUT2D eigenvalue weighted by atomic mass is 16.4. The topological polar surface area (TPSA) is 139 Å². The third-order valence-electron chi connectivity index (χ3n) is 13.6. The molecule has 0 bridgehead atoms. The molecule has 2 aliphatic heterocycles. The molecule has 3 unspecified atom stereocenters. The second-order valence-electron chi connectivity index (χ2n) is 17.7. The van der Waals surface area contributed by atoms with E-state index in [9.17, 15) is 29.7 Å². The molecule has 2 saturated heterocycles. The minimum absolute atomic E-state index is 0.0641. The number of carboxylic acids is 3. The molecule has 296 valence electrons. The second kappa shape index (κ2) is 17.4. The van der Waals surface area contributed by atoms with Crippen molar-refractivity contribution >= 4 is 17.9 Å². The zero-order chi connectivity index (χ0) is 39.2. The molecule has 6 rings (SSSR count). The van der Waals surface area contributed by atoms with Gasteiger partial charge < -0.3 is 26.0 Å². The van der Waals surface area contributed by atoms with Crippen molar-refractivity contribution in [1.29, 1.82) is 0 Å². The molecule has 0 aromatic heterocycles. The van der Waals surface area contributed by atoms with Crippen molar-refractivity contribution in [3.05, 3.63) is 106 Å². The summed E-state index contributed by atoms with van der Waals surface area (Å²) in [6, 6.07) is 25.0. The van der Waals surface area contributed by atoms with E-state index < -0.39 is 34.2 Å². The number of hydrogen-bond donors (Lipinski definition) is 5. The molecule has 1 aliphatic carbocycles. The van der Waals surface area contributed by atoms with Crippen LogP contribution in [0.25, 0.3) is 0 Å². The molecule has 2 heterocycles. The Bertz CT molecular complexity index is 1600. The van der Waals surface area contributed by atoms with Crippen molar-refractivity contribution in [2.24, 2.45) is 34.0 Å². The lowest BCUT2D eigenvalue weighted by atomic mass is 9.72. The highest BCUT2D eigenvalue weighted by Gasteiger charge is 2.44. The molecular weight excluding hydrogens is 691 g/mol. The molecule has 1 saturated carbocycles. The molecule has 5 atom stereocenters. The third kappa shape index (κ3) is 9.50. The average molecular weight is 752 g/mol. The maximum atomic E-state index is 12.7. The quantitative estimate of drug-likeness (QED) is 0.0914. The van der Waals surface area contributed by atoms with E-state index in [4.69, 9.17) is 0 Å². The molecule has 5 N–H and O–H groups in total. The molecule has 3 aromatic rings. The number of benzene rings is 3. The van der Waals surface area contributed by atoms with Crippen LogP contribution in [0.1, 0.15) is 92.7 Å². The Morgan fingerprint density at radius 2 is 0.873 bits per heavy atom. The lowest BCUT2D eigenvalue weighted by Gasteiger charge is -2.32. The normalized spacial score (nSPS) is 22.3. The van der Waals surface area contributed by atoms with Gasteiger partial charge in [0.15, 0.2) is 0 Å². The van der Waals surface area contributed by atoms with E-state index in [0.717, 1.165) is 85.0 Å². The van der Waals surface area contributed by atoms with Crippen LogP contribution in [-0.2, 0) is 53.3 Å². The zero-order valence-corrected chi connectivity index (χ0v) is 33.0. The summed E-state index contributed by atoms with van der Waals surface area (Å²) in [5.74, 6) is -1.95. The summed E-state index contributed by atoms with van der Waals surface area (Å²) >= 11 is 0. The predicted octanol–water partition coefficient (Wildman–Crippen LogP) is 7.20. The van der Waals surface area contributed by atoms with Gasteiger partial charge in [0.2, 0.25) is 0 Å². The van der Waals surface area contributed by atoms with Gasteiger partial charge in [0.25, 0.3) is 0 Å². The second-order valence-corrected chi connectivity index (χ2v) is 17.7. The maximum Gasteiger partial charge on any atom is 0.310 e. The van der Waals surface area contributed by atoms with E-state index >= 15 is 0 Å². The van der Waals surface area contributed by atoms with Gasteiger partial charge in [0.1, 0.15) is 0 Å². The Hall–Kier alpha value is -4.05. The van der Waals surface area contributed by atoms with E-state index in [0.29, 0.717) is 52.0 Å². The number of nitrogens with zero attached hydrogens (tertiary/aromatic N) is 1.